The highest BCUT2D eigenvalue weighted by molar-refractivity contribution is 5.96. The van der Waals surface area contributed by atoms with Crippen LogP contribution in [-0.2, 0) is 11.3 Å². The smallest absolute Gasteiger partial charge is 0.338 e. The first kappa shape index (κ1) is 15.8. The van der Waals surface area contributed by atoms with Gasteiger partial charge in [0, 0.05) is 18.7 Å². The molecule has 0 spiro atoms. The molecule has 2 heterocycles. The molecule has 1 saturated heterocycles. The van der Waals surface area contributed by atoms with Crippen LogP contribution in [0.2, 0.25) is 0 Å². The van der Waals surface area contributed by atoms with Crippen LogP contribution in [0.3, 0.4) is 0 Å². The molecule has 0 amide bonds. The molecule has 1 fully saturated rings. The van der Waals surface area contributed by atoms with Crippen LogP contribution in [0.4, 0.5) is 0 Å². The number of nitrogens with zero attached hydrogens (tertiary/aromatic N) is 1. The number of ether oxygens (including phenoxy) is 1. The topological polar surface area (TPSA) is 62.9 Å². The van der Waals surface area contributed by atoms with Gasteiger partial charge < -0.3 is 14.3 Å². The Balaban J connectivity index is 1.76. The van der Waals surface area contributed by atoms with Crippen molar-refractivity contribution < 1.29 is 19.1 Å². The minimum Gasteiger partial charge on any atom is -0.465 e. The van der Waals surface area contributed by atoms with Gasteiger partial charge in [0.05, 0.1) is 19.2 Å². The van der Waals surface area contributed by atoms with E-state index in [-0.39, 0.29) is 12.6 Å². The summed E-state index contributed by atoms with van der Waals surface area (Å²) in [6.07, 6.45) is 1.02. The van der Waals surface area contributed by atoms with E-state index >= 15 is 0 Å². The van der Waals surface area contributed by atoms with E-state index in [0.29, 0.717) is 17.2 Å². The number of esters is 1. The molecule has 1 aromatic carbocycles. The molecule has 1 aliphatic rings. The summed E-state index contributed by atoms with van der Waals surface area (Å²) >= 11 is 0. The average molecular weight is 315 g/mol. The Bertz CT molecular complexity index is 679. The van der Waals surface area contributed by atoms with Crippen LogP contribution in [0.15, 0.2) is 40.8 Å². The van der Waals surface area contributed by atoms with Gasteiger partial charge in [-0.25, -0.2) is 4.79 Å². The Kier molecular flexibility index (Phi) is 4.79. The number of carbonyl (C=O) groups excluding carboxylic acids is 1. The Morgan fingerprint density at radius 1 is 1.35 bits per heavy atom. The second-order valence-corrected chi connectivity index (χ2v) is 5.88. The summed E-state index contributed by atoms with van der Waals surface area (Å²) < 4.78 is 10.7. The minimum atomic E-state index is -0.371. The first-order valence-corrected chi connectivity index (χ1v) is 7.81. The second kappa shape index (κ2) is 6.98. The van der Waals surface area contributed by atoms with Gasteiger partial charge in [0.15, 0.2) is 0 Å². The normalized spacial score (nSPS) is 18.3. The summed E-state index contributed by atoms with van der Waals surface area (Å²) in [6, 6.07) is 11.1. The van der Waals surface area contributed by atoms with E-state index in [0.717, 1.165) is 37.4 Å². The lowest BCUT2D eigenvalue weighted by Gasteiger charge is -2.13. The SMILES string of the molecule is COC(=O)c1ccccc1-c1ccc(CN2CCC(CO)C2)o1. The highest BCUT2D eigenvalue weighted by atomic mass is 16.5. The summed E-state index contributed by atoms with van der Waals surface area (Å²) in [4.78, 5) is 14.1. The quantitative estimate of drug-likeness (QED) is 0.859. The average Bonchev–Trinajstić information content (AvgIpc) is 3.24. The Labute approximate surface area is 135 Å². The fourth-order valence-electron chi connectivity index (χ4n) is 3.02. The van der Waals surface area contributed by atoms with E-state index in [4.69, 9.17) is 9.15 Å². The van der Waals surface area contributed by atoms with Gasteiger partial charge in [-0.15, -0.1) is 0 Å². The maximum absolute atomic E-state index is 11.9. The number of carbonyl (C=O) groups is 1. The third-order valence-electron chi connectivity index (χ3n) is 4.27. The molecule has 1 aliphatic heterocycles. The standard InChI is InChI=1S/C18H21NO4/c1-22-18(21)16-5-3-2-4-15(16)17-7-6-14(23-17)11-19-9-8-13(10-19)12-20/h2-7,13,20H,8-12H2,1H3. The molecule has 5 heteroatoms. The number of rotatable bonds is 5. The van der Waals surface area contributed by atoms with E-state index < -0.39 is 0 Å². The minimum absolute atomic E-state index is 0.242. The molecule has 3 rings (SSSR count). The zero-order valence-corrected chi connectivity index (χ0v) is 13.2. The van der Waals surface area contributed by atoms with Crippen molar-refractivity contribution in [2.75, 3.05) is 26.8 Å². The lowest BCUT2D eigenvalue weighted by Crippen LogP contribution is -2.20. The molecular weight excluding hydrogens is 294 g/mol. The first-order valence-electron chi connectivity index (χ1n) is 7.81. The van der Waals surface area contributed by atoms with Crippen LogP contribution in [0, 0.1) is 5.92 Å². The van der Waals surface area contributed by atoms with Crippen molar-refractivity contribution in [1.29, 1.82) is 0 Å². The van der Waals surface area contributed by atoms with Crippen LogP contribution in [0.1, 0.15) is 22.5 Å². The van der Waals surface area contributed by atoms with E-state index in [2.05, 4.69) is 4.90 Å². The summed E-state index contributed by atoms with van der Waals surface area (Å²) in [5.41, 5.74) is 1.23. The molecule has 0 saturated carbocycles. The fraction of sp³-hybridized carbons (Fsp3) is 0.389. The highest BCUT2D eigenvalue weighted by Gasteiger charge is 2.23. The summed E-state index contributed by atoms with van der Waals surface area (Å²) in [6.45, 7) is 2.83. The van der Waals surface area contributed by atoms with E-state index in [1.165, 1.54) is 7.11 Å². The Morgan fingerprint density at radius 2 is 2.17 bits per heavy atom. The first-order chi connectivity index (χ1) is 11.2. The predicted octanol–water partition coefficient (Wildman–Crippen LogP) is 2.55. The predicted molar refractivity (Wildman–Crippen MR) is 86.0 cm³/mol. The largest absolute Gasteiger partial charge is 0.465 e. The maximum atomic E-state index is 11.9. The lowest BCUT2D eigenvalue weighted by molar-refractivity contribution is 0.0601. The fourth-order valence-corrected chi connectivity index (χ4v) is 3.02. The van der Waals surface area contributed by atoms with Crippen LogP contribution in [0.25, 0.3) is 11.3 Å². The van der Waals surface area contributed by atoms with Crippen LogP contribution in [-0.4, -0.2) is 42.8 Å². The number of hydrogen-bond donors (Lipinski definition) is 1. The molecule has 0 radical (unpaired) electrons. The van der Waals surface area contributed by atoms with Crippen molar-refractivity contribution in [3.8, 4) is 11.3 Å². The number of benzene rings is 1. The molecule has 0 bridgehead atoms. The van der Waals surface area contributed by atoms with Gasteiger partial charge in [-0.2, -0.15) is 0 Å². The molecule has 2 aromatic rings. The molecule has 0 aliphatic carbocycles. The van der Waals surface area contributed by atoms with Crippen molar-refractivity contribution in [3.63, 3.8) is 0 Å². The van der Waals surface area contributed by atoms with Gasteiger partial charge >= 0.3 is 5.97 Å². The maximum Gasteiger partial charge on any atom is 0.338 e. The van der Waals surface area contributed by atoms with Gasteiger partial charge in [-0.05, 0) is 37.1 Å². The molecule has 1 unspecified atom stereocenters. The van der Waals surface area contributed by atoms with Gasteiger partial charge in [0.2, 0.25) is 0 Å². The summed E-state index contributed by atoms with van der Waals surface area (Å²) in [5.74, 6) is 1.52. The number of hydrogen-bond acceptors (Lipinski definition) is 5. The molecule has 1 atom stereocenters. The summed E-state index contributed by atoms with van der Waals surface area (Å²) in [7, 11) is 1.37. The monoisotopic (exact) mass is 315 g/mol. The number of aliphatic hydroxyl groups excluding tert-OH is 1. The zero-order chi connectivity index (χ0) is 16.2. The second-order valence-electron chi connectivity index (χ2n) is 5.88. The highest BCUT2D eigenvalue weighted by Crippen LogP contribution is 2.27. The number of aliphatic hydroxyl groups is 1. The van der Waals surface area contributed by atoms with Crippen molar-refractivity contribution in [1.82, 2.24) is 4.90 Å². The molecule has 23 heavy (non-hydrogen) atoms. The molecule has 1 N–H and O–H groups in total. The van der Waals surface area contributed by atoms with Crippen LogP contribution >= 0.6 is 0 Å². The number of likely N-dealkylation sites (tertiary alicyclic amines) is 1. The van der Waals surface area contributed by atoms with Gasteiger partial charge in [0.1, 0.15) is 11.5 Å². The third-order valence-corrected chi connectivity index (χ3v) is 4.27. The van der Waals surface area contributed by atoms with Crippen molar-refractivity contribution >= 4 is 5.97 Å². The van der Waals surface area contributed by atoms with Crippen molar-refractivity contribution in [3.05, 3.63) is 47.7 Å². The molecule has 1 aromatic heterocycles. The van der Waals surface area contributed by atoms with E-state index in [9.17, 15) is 9.90 Å². The van der Waals surface area contributed by atoms with E-state index in [1.54, 1.807) is 12.1 Å². The van der Waals surface area contributed by atoms with Gasteiger partial charge in [-0.3, -0.25) is 4.90 Å². The third kappa shape index (κ3) is 3.46. The Morgan fingerprint density at radius 3 is 2.91 bits per heavy atom. The molecule has 5 nitrogen and oxygen atoms in total. The van der Waals surface area contributed by atoms with Crippen LogP contribution < -0.4 is 0 Å². The lowest BCUT2D eigenvalue weighted by atomic mass is 10.1. The Hall–Kier alpha value is -2.11. The number of furan rings is 1. The summed E-state index contributed by atoms with van der Waals surface area (Å²) in [5, 5.41) is 9.21. The van der Waals surface area contributed by atoms with Crippen molar-refractivity contribution in [2.45, 2.75) is 13.0 Å². The van der Waals surface area contributed by atoms with Crippen LogP contribution in [0.5, 0.6) is 0 Å². The zero-order valence-electron chi connectivity index (χ0n) is 13.2. The van der Waals surface area contributed by atoms with Gasteiger partial charge in [-0.1, -0.05) is 18.2 Å². The van der Waals surface area contributed by atoms with Crippen molar-refractivity contribution in [2.24, 2.45) is 5.92 Å². The molecular formula is C18H21NO4. The van der Waals surface area contributed by atoms with E-state index in [1.807, 2.05) is 24.3 Å². The number of methoxy groups -OCH3 is 1. The molecule has 122 valence electrons. The van der Waals surface area contributed by atoms with Gasteiger partial charge in [0.25, 0.3) is 0 Å².